The van der Waals surface area contributed by atoms with Crippen LogP contribution in [-0.2, 0) is 4.79 Å². The van der Waals surface area contributed by atoms with Gasteiger partial charge < -0.3 is 15.3 Å². The Kier molecular flexibility index (Phi) is 5.05. The zero-order valence-corrected chi connectivity index (χ0v) is 11.9. The molecule has 0 aliphatic carbocycles. The Morgan fingerprint density at radius 1 is 1.42 bits per heavy atom. The van der Waals surface area contributed by atoms with Gasteiger partial charge in [0.15, 0.2) is 0 Å². The highest BCUT2D eigenvalue weighted by Gasteiger charge is 2.20. The first-order valence-electron chi connectivity index (χ1n) is 6.20. The van der Waals surface area contributed by atoms with E-state index in [1.165, 1.54) is 0 Å². The molecule has 1 aliphatic rings. The van der Waals surface area contributed by atoms with Crippen LogP contribution in [0, 0.1) is 0 Å². The molecule has 104 valence electrons. The highest BCUT2D eigenvalue weighted by molar-refractivity contribution is 6.39. The number of nitrogens with one attached hydrogen (secondary N) is 1. The van der Waals surface area contributed by atoms with Gasteiger partial charge in [0.25, 0.3) is 0 Å². The van der Waals surface area contributed by atoms with Crippen molar-refractivity contribution in [2.24, 2.45) is 0 Å². The molecule has 6 heteroatoms. The summed E-state index contributed by atoms with van der Waals surface area (Å²) in [5.41, 5.74) is 0.456. The Bertz CT molecular complexity index is 448. The van der Waals surface area contributed by atoms with Gasteiger partial charge in [-0.25, -0.2) is 0 Å². The van der Waals surface area contributed by atoms with Crippen LogP contribution in [0.3, 0.4) is 0 Å². The molecule has 2 N–H and O–H groups in total. The van der Waals surface area contributed by atoms with Crippen LogP contribution in [0.4, 0.5) is 5.69 Å². The Morgan fingerprint density at radius 2 is 2.11 bits per heavy atom. The molecule has 1 amide bonds. The number of rotatable bonds is 4. The standard InChI is InChI=1S/C13H16Cl2N2O2/c14-10-2-1-3-11(15)13(10)16-12(19)5-7-17-6-4-9(18)8-17/h1-3,9,18H,4-8H2,(H,16,19). The van der Waals surface area contributed by atoms with Gasteiger partial charge in [-0.3, -0.25) is 4.79 Å². The highest BCUT2D eigenvalue weighted by Crippen LogP contribution is 2.29. The van der Waals surface area contributed by atoms with Crippen LogP contribution >= 0.6 is 23.2 Å². The number of para-hydroxylation sites is 1. The Balaban J connectivity index is 1.84. The van der Waals surface area contributed by atoms with Crippen molar-refractivity contribution < 1.29 is 9.90 Å². The summed E-state index contributed by atoms with van der Waals surface area (Å²) in [5, 5.41) is 13.0. The number of likely N-dealkylation sites (tertiary alicyclic amines) is 1. The fourth-order valence-corrected chi connectivity index (χ4v) is 2.59. The zero-order valence-electron chi connectivity index (χ0n) is 10.4. The molecule has 2 rings (SSSR count). The van der Waals surface area contributed by atoms with Gasteiger partial charge in [-0.1, -0.05) is 29.3 Å². The Morgan fingerprint density at radius 3 is 2.68 bits per heavy atom. The van der Waals surface area contributed by atoms with Crippen molar-refractivity contribution in [1.82, 2.24) is 4.90 Å². The maximum atomic E-state index is 11.8. The third kappa shape index (κ3) is 4.08. The van der Waals surface area contributed by atoms with E-state index in [1.807, 2.05) is 0 Å². The number of carbonyl (C=O) groups is 1. The van der Waals surface area contributed by atoms with Gasteiger partial charge in [0.05, 0.1) is 21.8 Å². The summed E-state index contributed by atoms with van der Waals surface area (Å²) in [6.45, 7) is 2.10. The van der Waals surface area contributed by atoms with E-state index in [-0.39, 0.29) is 12.0 Å². The van der Waals surface area contributed by atoms with Crippen molar-refractivity contribution in [3.8, 4) is 0 Å². The summed E-state index contributed by atoms with van der Waals surface area (Å²) in [4.78, 5) is 13.9. The molecule has 19 heavy (non-hydrogen) atoms. The van der Waals surface area contributed by atoms with Crippen molar-refractivity contribution in [1.29, 1.82) is 0 Å². The summed E-state index contributed by atoms with van der Waals surface area (Å²) in [7, 11) is 0. The summed E-state index contributed by atoms with van der Waals surface area (Å²) in [6.07, 6.45) is 0.868. The van der Waals surface area contributed by atoms with Gasteiger partial charge in [0, 0.05) is 26.1 Å². The maximum Gasteiger partial charge on any atom is 0.225 e. The van der Waals surface area contributed by atoms with Crippen molar-refractivity contribution in [2.75, 3.05) is 25.0 Å². The number of halogens is 2. The summed E-state index contributed by atoms with van der Waals surface area (Å²) >= 11 is 12.0. The van der Waals surface area contributed by atoms with E-state index >= 15 is 0 Å². The number of aliphatic hydroxyl groups is 1. The normalized spacial score (nSPS) is 19.6. The quantitative estimate of drug-likeness (QED) is 0.898. The molecule has 0 spiro atoms. The third-order valence-electron chi connectivity index (χ3n) is 3.13. The van der Waals surface area contributed by atoms with E-state index in [2.05, 4.69) is 10.2 Å². The minimum absolute atomic E-state index is 0.128. The van der Waals surface area contributed by atoms with Crippen LogP contribution in [0.1, 0.15) is 12.8 Å². The lowest BCUT2D eigenvalue weighted by atomic mass is 10.3. The Labute approximate surface area is 122 Å². The number of β-amino-alcohol motifs (C(OH)–C–C–N with tert-alkyl or cyclic N) is 1. The van der Waals surface area contributed by atoms with E-state index in [0.717, 1.165) is 13.0 Å². The monoisotopic (exact) mass is 302 g/mol. The van der Waals surface area contributed by atoms with Crippen LogP contribution in [-0.4, -0.2) is 41.7 Å². The van der Waals surface area contributed by atoms with Crippen molar-refractivity contribution in [3.63, 3.8) is 0 Å². The molecule has 0 radical (unpaired) electrons. The first kappa shape index (κ1) is 14.6. The summed E-state index contributed by atoms with van der Waals surface area (Å²) < 4.78 is 0. The lowest BCUT2D eigenvalue weighted by Crippen LogP contribution is -2.26. The zero-order chi connectivity index (χ0) is 13.8. The van der Waals surface area contributed by atoms with Crippen LogP contribution < -0.4 is 5.32 Å². The van der Waals surface area contributed by atoms with Gasteiger partial charge >= 0.3 is 0 Å². The largest absolute Gasteiger partial charge is 0.392 e. The van der Waals surface area contributed by atoms with Gasteiger partial charge in [-0.2, -0.15) is 0 Å². The lowest BCUT2D eigenvalue weighted by Gasteiger charge is -2.15. The minimum atomic E-state index is -0.263. The SMILES string of the molecule is O=C(CCN1CCC(O)C1)Nc1c(Cl)cccc1Cl. The van der Waals surface area contributed by atoms with Crippen LogP contribution in [0.25, 0.3) is 0 Å². The number of hydrogen-bond acceptors (Lipinski definition) is 3. The van der Waals surface area contributed by atoms with Crippen LogP contribution in [0.15, 0.2) is 18.2 Å². The first-order valence-corrected chi connectivity index (χ1v) is 6.96. The molecule has 1 aliphatic heterocycles. The topological polar surface area (TPSA) is 52.6 Å². The van der Waals surface area contributed by atoms with Crippen LogP contribution in [0.2, 0.25) is 10.0 Å². The highest BCUT2D eigenvalue weighted by atomic mass is 35.5. The smallest absolute Gasteiger partial charge is 0.225 e. The number of carbonyl (C=O) groups excluding carboxylic acids is 1. The van der Waals surface area contributed by atoms with E-state index in [0.29, 0.717) is 35.2 Å². The predicted octanol–water partition coefficient (Wildman–Crippen LogP) is 2.39. The second-order valence-electron chi connectivity index (χ2n) is 4.64. The maximum absolute atomic E-state index is 11.8. The molecule has 0 aromatic heterocycles. The second kappa shape index (κ2) is 6.57. The number of amides is 1. The van der Waals surface area contributed by atoms with Crippen molar-refractivity contribution in [2.45, 2.75) is 18.9 Å². The number of nitrogens with zero attached hydrogens (tertiary/aromatic N) is 1. The molecule has 1 aromatic rings. The van der Waals surface area contributed by atoms with E-state index in [9.17, 15) is 9.90 Å². The molecule has 1 atom stereocenters. The fourth-order valence-electron chi connectivity index (χ4n) is 2.09. The fraction of sp³-hybridized carbons (Fsp3) is 0.462. The average molecular weight is 303 g/mol. The van der Waals surface area contributed by atoms with Gasteiger partial charge in [-0.15, -0.1) is 0 Å². The van der Waals surface area contributed by atoms with E-state index in [1.54, 1.807) is 18.2 Å². The van der Waals surface area contributed by atoms with E-state index in [4.69, 9.17) is 23.2 Å². The molecular weight excluding hydrogens is 287 g/mol. The predicted molar refractivity (Wildman–Crippen MR) is 76.8 cm³/mol. The number of hydrogen-bond donors (Lipinski definition) is 2. The van der Waals surface area contributed by atoms with Gasteiger partial charge in [0.1, 0.15) is 0 Å². The number of anilines is 1. The second-order valence-corrected chi connectivity index (χ2v) is 5.45. The number of aliphatic hydroxyl groups excluding tert-OH is 1. The average Bonchev–Trinajstić information content (AvgIpc) is 2.77. The minimum Gasteiger partial charge on any atom is -0.392 e. The van der Waals surface area contributed by atoms with Crippen molar-refractivity contribution in [3.05, 3.63) is 28.2 Å². The van der Waals surface area contributed by atoms with Crippen molar-refractivity contribution >= 4 is 34.8 Å². The molecule has 1 saturated heterocycles. The first-order chi connectivity index (χ1) is 9.06. The number of benzene rings is 1. The lowest BCUT2D eigenvalue weighted by molar-refractivity contribution is -0.116. The summed E-state index contributed by atoms with van der Waals surface area (Å²) in [5.74, 6) is -0.128. The molecule has 1 fully saturated rings. The molecule has 4 nitrogen and oxygen atoms in total. The molecule has 1 unspecified atom stereocenters. The van der Waals surface area contributed by atoms with Gasteiger partial charge in [0.2, 0.25) is 5.91 Å². The van der Waals surface area contributed by atoms with E-state index < -0.39 is 0 Å². The molecule has 1 aromatic carbocycles. The third-order valence-corrected chi connectivity index (χ3v) is 3.76. The van der Waals surface area contributed by atoms with Crippen LogP contribution in [0.5, 0.6) is 0 Å². The van der Waals surface area contributed by atoms with Gasteiger partial charge in [-0.05, 0) is 18.6 Å². The molecule has 0 bridgehead atoms. The molecule has 1 heterocycles. The molecular formula is C13H16Cl2N2O2. The molecule has 0 saturated carbocycles. The Hall–Kier alpha value is -0.810. The summed E-state index contributed by atoms with van der Waals surface area (Å²) in [6, 6.07) is 5.09.